The van der Waals surface area contributed by atoms with Gasteiger partial charge < -0.3 is 0 Å². The summed E-state index contributed by atoms with van der Waals surface area (Å²) >= 11 is 0. The third-order valence-corrected chi connectivity index (χ3v) is 14.1. The number of fused-ring (bicyclic) bond motifs is 9. The van der Waals surface area contributed by atoms with Crippen LogP contribution in [0.2, 0.25) is 0 Å². The summed E-state index contributed by atoms with van der Waals surface area (Å²) in [4.78, 5) is 0. The molecule has 0 bridgehead atoms. The third kappa shape index (κ3) is 4.98. The average molecular weight is 765 g/mol. The molecule has 0 radical (unpaired) electrons. The van der Waals surface area contributed by atoms with Gasteiger partial charge in [-0.1, -0.05) is 198 Å². The highest BCUT2D eigenvalue weighted by molar-refractivity contribution is 6.23. The molecule has 0 spiro atoms. The van der Waals surface area contributed by atoms with E-state index < -0.39 is 0 Å². The predicted molar refractivity (Wildman–Crippen MR) is 256 cm³/mol. The SMILES string of the molecule is CC1(C)c2ccccc2-c2ccc(-c3ccccc3-c3c4ccccc4c(-c4ccc5c(c4)C(C)(C)c4ccccc4-5)c4cc(-c5ccc6ccccc6c5)ccc34)cc21. The van der Waals surface area contributed by atoms with E-state index in [1.807, 2.05) is 0 Å². The van der Waals surface area contributed by atoms with Crippen LogP contribution in [0, 0.1) is 0 Å². The van der Waals surface area contributed by atoms with E-state index in [0.29, 0.717) is 0 Å². The fourth-order valence-electron chi connectivity index (χ4n) is 11.0. The Morgan fingerprint density at radius 1 is 0.250 bits per heavy atom. The minimum atomic E-state index is -0.103. The third-order valence-electron chi connectivity index (χ3n) is 14.1. The van der Waals surface area contributed by atoms with Crippen LogP contribution in [0.4, 0.5) is 0 Å². The van der Waals surface area contributed by atoms with E-state index in [4.69, 9.17) is 0 Å². The first-order chi connectivity index (χ1) is 29.3. The molecule has 0 saturated heterocycles. The standard InChI is InChI=1S/C60H44/c1-59(2)53-23-13-11-18-44(53)46-30-28-41(35-55(46)59)43-17-7-8-20-48(43)58-50-22-10-9-21-49(50)57(42-29-31-47-45-19-12-14-24-54(45)60(3,4)56(47)36-42)52-34-40(27-32-51(52)58)39-26-25-37-15-5-6-16-38(37)33-39/h5-36H,1-4H3. The highest BCUT2D eigenvalue weighted by Gasteiger charge is 2.37. The molecular formula is C60H44. The quantitative estimate of drug-likeness (QED) is 0.157. The Bertz CT molecular complexity index is 3430. The Balaban J connectivity index is 1.13. The Labute approximate surface area is 352 Å². The van der Waals surface area contributed by atoms with Crippen LogP contribution in [-0.2, 0) is 10.8 Å². The van der Waals surface area contributed by atoms with E-state index in [-0.39, 0.29) is 10.8 Å². The molecule has 0 heterocycles. The van der Waals surface area contributed by atoms with Crippen LogP contribution < -0.4 is 0 Å². The van der Waals surface area contributed by atoms with Crippen LogP contribution in [0.5, 0.6) is 0 Å². The van der Waals surface area contributed by atoms with Crippen molar-refractivity contribution in [2.45, 2.75) is 38.5 Å². The molecule has 284 valence electrons. The summed E-state index contributed by atoms with van der Waals surface area (Å²) in [6.07, 6.45) is 0. The Morgan fingerprint density at radius 2 is 0.700 bits per heavy atom. The summed E-state index contributed by atoms with van der Waals surface area (Å²) in [7, 11) is 0. The van der Waals surface area contributed by atoms with Gasteiger partial charge in [0, 0.05) is 10.8 Å². The Morgan fingerprint density at radius 3 is 1.38 bits per heavy atom. The van der Waals surface area contributed by atoms with Gasteiger partial charge in [-0.05, 0) is 146 Å². The van der Waals surface area contributed by atoms with Crippen LogP contribution in [0.1, 0.15) is 49.9 Å². The molecule has 2 aliphatic carbocycles. The largest absolute Gasteiger partial charge is 0.0619 e. The first-order valence-electron chi connectivity index (χ1n) is 21.3. The van der Waals surface area contributed by atoms with Crippen molar-refractivity contribution in [1.82, 2.24) is 0 Å². The average Bonchev–Trinajstić information content (AvgIpc) is 3.66. The van der Waals surface area contributed by atoms with Gasteiger partial charge in [0.05, 0.1) is 0 Å². The van der Waals surface area contributed by atoms with Crippen LogP contribution in [0.3, 0.4) is 0 Å². The highest BCUT2D eigenvalue weighted by atomic mass is 14.4. The van der Waals surface area contributed by atoms with Gasteiger partial charge in [-0.2, -0.15) is 0 Å². The van der Waals surface area contributed by atoms with Crippen molar-refractivity contribution in [2.24, 2.45) is 0 Å². The lowest BCUT2D eigenvalue weighted by Gasteiger charge is -2.24. The molecule has 10 aromatic carbocycles. The van der Waals surface area contributed by atoms with Crippen molar-refractivity contribution in [3.63, 3.8) is 0 Å². The van der Waals surface area contributed by atoms with E-state index in [0.717, 1.165) is 0 Å². The lowest BCUT2D eigenvalue weighted by Crippen LogP contribution is -2.14. The van der Waals surface area contributed by atoms with Crippen molar-refractivity contribution >= 4 is 32.3 Å². The van der Waals surface area contributed by atoms with Gasteiger partial charge >= 0.3 is 0 Å². The molecule has 12 rings (SSSR count). The summed E-state index contributed by atoms with van der Waals surface area (Å²) in [5, 5.41) is 7.57. The zero-order chi connectivity index (χ0) is 40.3. The number of rotatable bonds is 4. The molecule has 0 unspecified atom stereocenters. The lowest BCUT2D eigenvalue weighted by molar-refractivity contribution is 0.660. The summed E-state index contributed by atoms with van der Waals surface area (Å²) < 4.78 is 0. The Hall–Kier alpha value is -7.02. The van der Waals surface area contributed by atoms with Gasteiger partial charge in [0.1, 0.15) is 0 Å². The molecule has 0 aliphatic heterocycles. The molecule has 0 fully saturated rings. The fourth-order valence-corrected chi connectivity index (χ4v) is 11.0. The molecular weight excluding hydrogens is 721 g/mol. The van der Waals surface area contributed by atoms with Gasteiger partial charge in [-0.25, -0.2) is 0 Å². The van der Waals surface area contributed by atoms with Crippen LogP contribution in [0.25, 0.3) is 99.1 Å². The summed E-state index contributed by atoms with van der Waals surface area (Å²) in [5.74, 6) is 0. The van der Waals surface area contributed by atoms with E-state index >= 15 is 0 Å². The molecule has 0 nitrogen and oxygen atoms in total. The summed E-state index contributed by atoms with van der Waals surface area (Å²) in [5.41, 5.74) is 20.8. The lowest BCUT2D eigenvalue weighted by atomic mass is 9.79. The van der Waals surface area contributed by atoms with Gasteiger partial charge in [0.25, 0.3) is 0 Å². The van der Waals surface area contributed by atoms with E-state index in [1.54, 1.807) is 0 Å². The molecule has 0 heteroatoms. The Kier molecular flexibility index (Phi) is 7.42. The van der Waals surface area contributed by atoms with Gasteiger partial charge in [-0.3, -0.25) is 0 Å². The first-order valence-corrected chi connectivity index (χ1v) is 21.3. The van der Waals surface area contributed by atoms with E-state index in [2.05, 4.69) is 222 Å². The molecule has 0 amide bonds. The molecule has 0 saturated carbocycles. The predicted octanol–water partition coefficient (Wildman–Crippen LogP) is 16.4. The summed E-state index contributed by atoms with van der Waals surface area (Å²) in [6.45, 7) is 9.51. The maximum Gasteiger partial charge on any atom is 0.0159 e. The molecule has 0 N–H and O–H groups in total. The van der Waals surface area contributed by atoms with Gasteiger partial charge in [0.15, 0.2) is 0 Å². The smallest absolute Gasteiger partial charge is 0.0159 e. The van der Waals surface area contributed by atoms with Crippen molar-refractivity contribution < 1.29 is 0 Å². The molecule has 10 aromatic rings. The van der Waals surface area contributed by atoms with Crippen molar-refractivity contribution in [1.29, 1.82) is 0 Å². The van der Waals surface area contributed by atoms with E-state index in [1.165, 1.54) is 121 Å². The fraction of sp³-hybridized carbons (Fsp3) is 0.100. The molecule has 0 atom stereocenters. The second kappa shape index (κ2) is 12.7. The van der Waals surface area contributed by atoms with E-state index in [9.17, 15) is 0 Å². The molecule has 0 aromatic heterocycles. The summed E-state index contributed by atoms with van der Waals surface area (Å²) in [6, 6.07) is 73.3. The van der Waals surface area contributed by atoms with Crippen LogP contribution >= 0.6 is 0 Å². The number of hydrogen-bond acceptors (Lipinski definition) is 0. The van der Waals surface area contributed by atoms with Crippen molar-refractivity contribution in [2.75, 3.05) is 0 Å². The second-order valence-corrected chi connectivity index (χ2v) is 18.0. The maximum absolute atomic E-state index is 2.50. The van der Waals surface area contributed by atoms with Gasteiger partial charge in [-0.15, -0.1) is 0 Å². The topological polar surface area (TPSA) is 0 Å². The minimum Gasteiger partial charge on any atom is -0.0619 e. The second-order valence-electron chi connectivity index (χ2n) is 18.0. The molecule has 2 aliphatic rings. The van der Waals surface area contributed by atoms with Crippen molar-refractivity contribution in [3.05, 3.63) is 216 Å². The highest BCUT2D eigenvalue weighted by Crippen LogP contribution is 2.53. The zero-order valence-electron chi connectivity index (χ0n) is 34.5. The number of hydrogen-bond donors (Lipinski definition) is 0. The normalized spacial score (nSPS) is 14.3. The minimum absolute atomic E-state index is 0.0805. The van der Waals surface area contributed by atoms with Crippen molar-refractivity contribution in [3.8, 4) is 66.8 Å². The van der Waals surface area contributed by atoms with Gasteiger partial charge in [0.2, 0.25) is 0 Å². The first kappa shape index (κ1) is 35.0. The van der Waals surface area contributed by atoms with Crippen LogP contribution in [0.15, 0.2) is 194 Å². The van der Waals surface area contributed by atoms with Crippen LogP contribution in [-0.4, -0.2) is 0 Å². The maximum atomic E-state index is 2.50. The molecule has 60 heavy (non-hydrogen) atoms. The monoisotopic (exact) mass is 764 g/mol. The number of benzene rings is 10. The zero-order valence-corrected chi connectivity index (χ0v) is 34.5.